The van der Waals surface area contributed by atoms with Crippen LogP contribution in [0.4, 0.5) is 4.39 Å². The lowest BCUT2D eigenvalue weighted by Crippen LogP contribution is -2.41. The van der Waals surface area contributed by atoms with Crippen LogP contribution in [-0.2, 0) is 9.31 Å². The summed E-state index contributed by atoms with van der Waals surface area (Å²) in [6, 6.07) is 4.24. The van der Waals surface area contributed by atoms with Gasteiger partial charge in [-0.1, -0.05) is 12.1 Å². The van der Waals surface area contributed by atoms with E-state index in [2.05, 4.69) is 0 Å². The first kappa shape index (κ1) is 14.3. The van der Waals surface area contributed by atoms with Crippen molar-refractivity contribution < 1.29 is 18.8 Å². The molecule has 1 aromatic carbocycles. The molecule has 1 heterocycles. The maximum absolute atomic E-state index is 13.3. The van der Waals surface area contributed by atoms with E-state index in [1.54, 1.807) is 6.07 Å². The lowest BCUT2D eigenvalue weighted by molar-refractivity contribution is 0.00578. The zero-order valence-electron chi connectivity index (χ0n) is 11.6. The first-order valence-electron chi connectivity index (χ1n) is 6.24. The minimum atomic E-state index is -0.753. The summed E-state index contributed by atoms with van der Waals surface area (Å²) in [6.07, 6.45) is 0. The van der Waals surface area contributed by atoms with Crippen molar-refractivity contribution in [3.8, 4) is 5.75 Å². The van der Waals surface area contributed by atoms with Crippen LogP contribution in [-0.4, -0.2) is 23.4 Å². The lowest BCUT2D eigenvalue weighted by Gasteiger charge is -2.32. The molecular weight excluding hydrogens is 248 g/mol. The molecule has 0 radical (unpaired) electrons. The third kappa shape index (κ3) is 2.36. The summed E-state index contributed by atoms with van der Waals surface area (Å²) in [5.74, 6) is -1.91. The van der Waals surface area contributed by atoms with Crippen molar-refractivity contribution in [2.75, 3.05) is 0 Å². The summed E-state index contributed by atoms with van der Waals surface area (Å²) in [7, 11) is -0.724. The lowest BCUT2D eigenvalue weighted by atomic mass is 9.74. The molecule has 0 amide bonds. The number of rotatable bonds is 2. The maximum atomic E-state index is 13.3. The second kappa shape index (κ2) is 4.47. The van der Waals surface area contributed by atoms with Crippen LogP contribution < -0.4 is 5.73 Å². The van der Waals surface area contributed by atoms with Crippen LogP contribution in [0.1, 0.15) is 39.2 Å². The number of aromatic hydroxyl groups is 1. The van der Waals surface area contributed by atoms with Crippen LogP contribution in [0.25, 0.3) is 0 Å². The van der Waals surface area contributed by atoms with Crippen LogP contribution in [0.3, 0.4) is 0 Å². The number of hydrogen-bond acceptors (Lipinski definition) is 4. The quantitative estimate of drug-likeness (QED) is 0.806. The highest BCUT2D eigenvalue weighted by Crippen LogP contribution is 2.40. The third-order valence-corrected chi connectivity index (χ3v) is 3.94. The molecule has 0 saturated carbocycles. The van der Waals surface area contributed by atoms with Crippen LogP contribution in [0.5, 0.6) is 5.75 Å². The highest BCUT2D eigenvalue weighted by molar-refractivity contribution is 6.47. The molecule has 6 heteroatoms. The van der Waals surface area contributed by atoms with Gasteiger partial charge in [-0.05, 0) is 33.8 Å². The van der Waals surface area contributed by atoms with Gasteiger partial charge in [0.1, 0.15) is 0 Å². The number of hydrogen-bond donors (Lipinski definition) is 2. The first-order valence-corrected chi connectivity index (χ1v) is 6.24. The molecule has 0 unspecified atom stereocenters. The predicted molar refractivity (Wildman–Crippen MR) is 71.1 cm³/mol. The maximum Gasteiger partial charge on any atom is 0.480 e. The standard InChI is InChI=1S/C13H19BFNO3/c1-12(2)13(3,4)19-14(18-12)11(16)8-6-5-7-9(15)10(8)17/h5-7,11,17H,16H2,1-4H3/t11-/m1/s1. The molecule has 19 heavy (non-hydrogen) atoms. The Morgan fingerprint density at radius 1 is 1.21 bits per heavy atom. The SMILES string of the molecule is CC1(C)OB([C@H](N)c2cccc(F)c2O)OC1(C)C. The van der Waals surface area contributed by atoms with Crippen molar-refractivity contribution in [1.82, 2.24) is 0 Å². The van der Waals surface area contributed by atoms with Crippen LogP contribution in [0.15, 0.2) is 18.2 Å². The Bertz CT molecular complexity index is 477. The van der Waals surface area contributed by atoms with Gasteiger partial charge in [0.2, 0.25) is 0 Å². The molecule has 1 fully saturated rings. The van der Waals surface area contributed by atoms with E-state index in [1.165, 1.54) is 12.1 Å². The number of para-hydroxylation sites is 1. The molecule has 1 aliphatic heterocycles. The molecule has 0 bridgehead atoms. The minimum Gasteiger partial charge on any atom is -0.505 e. The Kier molecular flexibility index (Phi) is 3.37. The predicted octanol–water partition coefficient (Wildman–Crippen LogP) is 2.16. The van der Waals surface area contributed by atoms with Gasteiger partial charge < -0.3 is 20.1 Å². The fraction of sp³-hybridized carbons (Fsp3) is 0.538. The van der Waals surface area contributed by atoms with Crippen molar-refractivity contribution in [3.05, 3.63) is 29.6 Å². The first-order chi connectivity index (χ1) is 8.66. The topological polar surface area (TPSA) is 64.7 Å². The van der Waals surface area contributed by atoms with Crippen LogP contribution in [0.2, 0.25) is 0 Å². The van der Waals surface area contributed by atoms with Crippen molar-refractivity contribution >= 4 is 7.12 Å². The van der Waals surface area contributed by atoms with Crippen molar-refractivity contribution in [1.29, 1.82) is 0 Å². The zero-order chi connectivity index (χ0) is 14.4. The van der Waals surface area contributed by atoms with Gasteiger partial charge in [0.15, 0.2) is 11.6 Å². The van der Waals surface area contributed by atoms with Gasteiger partial charge in [0.05, 0.1) is 17.1 Å². The van der Waals surface area contributed by atoms with E-state index < -0.39 is 35.8 Å². The molecule has 1 atom stereocenters. The molecule has 104 valence electrons. The van der Waals surface area contributed by atoms with E-state index in [-0.39, 0.29) is 5.56 Å². The molecule has 1 aromatic rings. The Morgan fingerprint density at radius 2 is 1.74 bits per heavy atom. The van der Waals surface area contributed by atoms with E-state index in [9.17, 15) is 9.50 Å². The van der Waals surface area contributed by atoms with Gasteiger partial charge in [0.25, 0.3) is 0 Å². The molecule has 1 saturated heterocycles. The Hall–Kier alpha value is -1.11. The molecular formula is C13H19BFNO3. The average Bonchev–Trinajstić information content (AvgIpc) is 2.51. The number of benzene rings is 1. The smallest absolute Gasteiger partial charge is 0.480 e. The summed E-state index contributed by atoms with van der Waals surface area (Å²) >= 11 is 0. The third-order valence-electron chi connectivity index (χ3n) is 3.94. The van der Waals surface area contributed by atoms with Crippen molar-refractivity contribution in [2.45, 2.75) is 44.8 Å². The number of halogens is 1. The Balaban J connectivity index is 2.27. The van der Waals surface area contributed by atoms with Gasteiger partial charge in [-0.2, -0.15) is 0 Å². The second-order valence-electron chi connectivity index (χ2n) is 5.83. The minimum absolute atomic E-state index is 0.276. The molecule has 0 aromatic heterocycles. The van der Waals surface area contributed by atoms with Crippen molar-refractivity contribution in [3.63, 3.8) is 0 Å². The summed E-state index contributed by atoms with van der Waals surface area (Å²) in [6.45, 7) is 7.63. The van der Waals surface area contributed by atoms with E-state index in [1.807, 2.05) is 27.7 Å². The molecule has 4 nitrogen and oxygen atoms in total. The Labute approximate surface area is 112 Å². The number of nitrogens with two attached hydrogens (primary N) is 1. The number of phenols is 1. The average molecular weight is 267 g/mol. The van der Waals surface area contributed by atoms with Crippen molar-refractivity contribution in [2.24, 2.45) is 5.73 Å². The van der Waals surface area contributed by atoms with Crippen LogP contribution >= 0.6 is 0 Å². The van der Waals surface area contributed by atoms with Gasteiger partial charge in [-0.15, -0.1) is 0 Å². The molecule has 1 aliphatic rings. The second-order valence-corrected chi connectivity index (χ2v) is 5.83. The van der Waals surface area contributed by atoms with Gasteiger partial charge in [-0.25, -0.2) is 4.39 Å². The highest BCUT2D eigenvalue weighted by atomic mass is 19.1. The molecule has 0 spiro atoms. The summed E-state index contributed by atoms with van der Waals surface area (Å²) < 4.78 is 24.9. The largest absolute Gasteiger partial charge is 0.505 e. The monoisotopic (exact) mass is 267 g/mol. The van der Waals surface area contributed by atoms with E-state index >= 15 is 0 Å². The zero-order valence-corrected chi connectivity index (χ0v) is 11.6. The summed E-state index contributed by atoms with van der Waals surface area (Å²) in [5.41, 5.74) is 5.28. The molecule has 3 N–H and O–H groups in total. The molecule has 2 rings (SSSR count). The normalized spacial score (nSPS) is 22.5. The van der Waals surface area contributed by atoms with Gasteiger partial charge >= 0.3 is 7.12 Å². The fourth-order valence-corrected chi connectivity index (χ4v) is 1.98. The van der Waals surface area contributed by atoms with E-state index in [4.69, 9.17) is 15.0 Å². The van der Waals surface area contributed by atoms with E-state index in [0.717, 1.165) is 0 Å². The van der Waals surface area contributed by atoms with Gasteiger partial charge in [0, 0.05) is 5.56 Å². The highest BCUT2D eigenvalue weighted by Gasteiger charge is 2.53. The fourth-order valence-electron chi connectivity index (χ4n) is 1.98. The van der Waals surface area contributed by atoms with Gasteiger partial charge in [-0.3, -0.25) is 0 Å². The Morgan fingerprint density at radius 3 is 2.26 bits per heavy atom. The summed E-state index contributed by atoms with van der Waals surface area (Å²) in [4.78, 5) is 0. The number of phenolic OH excluding ortho intramolecular Hbond substituents is 1. The summed E-state index contributed by atoms with van der Waals surface area (Å²) in [5, 5.41) is 9.72. The van der Waals surface area contributed by atoms with E-state index in [0.29, 0.717) is 0 Å². The van der Waals surface area contributed by atoms with Crippen LogP contribution in [0, 0.1) is 5.82 Å². The molecule has 0 aliphatic carbocycles.